The quantitative estimate of drug-likeness (QED) is 0.820. The van der Waals surface area contributed by atoms with E-state index in [2.05, 4.69) is 0 Å². The highest BCUT2D eigenvalue weighted by Gasteiger charge is 2.23. The third-order valence-electron chi connectivity index (χ3n) is 3.20. The molecule has 1 fully saturated rings. The molecule has 0 radical (unpaired) electrons. The van der Waals surface area contributed by atoms with Crippen molar-refractivity contribution in [1.82, 2.24) is 0 Å². The Labute approximate surface area is 108 Å². The molecule has 0 spiro atoms. The number of para-hydroxylation sites is 1. The van der Waals surface area contributed by atoms with E-state index in [0.717, 1.165) is 18.4 Å². The van der Waals surface area contributed by atoms with Crippen LogP contribution >= 0.6 is 0 Å². The second kappa shape index (κ2) is 5.71. The van der Waals surface area contributed by atoms with Crippen LogP contribution in [-0.2, 0) is 21.0 Å². The smallest absolute Gasteiger partial charge is 0.153 e. The average Bonchev–Trinajstić information content (AvgIpc) is 2.80. The summed E-state index contributed by atoms with van der Waals surface area (Å²) in [6.07, 6.45) is 2.18. The largest absolute Gasteiger partial charge is 0.399 e. The topological polar surface area (TPSA) is 69.4 Å². The Morgan fingerprint density at radius 2 is 2.11 bits per heavy atom. The van der Waals surface area contributed by atoms with E-state index >= 15 is 0 Å². The fourth-order valence-electron chi connectivity index (χ4n) is 2.17. The number of benzene rings is 1. The van der Waals surface area contributed by atoms with E-state index in [1.807, 2.05) is 18.2 Å². The van der Waals surface area contributed by atoms with Crippen molar-refractivity contribution in [3.8, 4) is 0 Å². The highest BCUT2D eigenvalue weighted by molar-refractivity contribution is 7.91. The zero-order valence-corrected chi connectivity index (χ0v) is 11.2. The minimum Gasteiger partial charge on any atom is -0.399 e. The van der Waals surface area contributed by atoms with Gasteiger partial charge in [-0.1, -0.05) is 18.2 Å². The maximum absolute atomic E-state index is 12.0. The van der Waals surface area contributed by atoms with Gasteiger partial charge in [0, 0.05) is 12.3 Å². The maximum atomic E-state index is 12.0. The molecule has 0 amide bonds. The van der Waals surface area contributed by atoms with Crippen LogP contribution < -0.4 is 5.73 Å². The van der Waals surface area contributed by atoms with E-state index in [4.69, 9.17) is 10.5 Å². The SMILES string of the molecule is Nc1ccccc1CCS(=O)(=O)CC1CCCO1. The van der Waals surface area contributed by atoms with Crippen LogP contribution in [0.1, 0.15) is 18.4 Å². The van der Waals surface area contributed by atoms with Gasteiger partial charge in [-0.05, 0) is 30.9 Å². The molecule has 1 unspecified atom stereocenters. The number of aryl methyl sites for hydroxylation is 1. The lowest BCUT2D eigenvalue weighted by Gasteiger charge is -2.10. The van der Waals surface area contributed by atoms with Crippen LogP contribution in [0.5, 0.6) is 0 Å². The number of anilines is 1. The van der Waals surface area contributed by atoms with Crippen molar-refractivity contribution in [1.29, 1.82) is 0 Å². The summed E-state index contributed by atoms with van der Waals surface area (Å²) >= 11 is 0. The van der Waals surface area contributed by atoms with Crippen molar-refractivity contribution in [3.05, 3.63) is 29.8 Å². The van der Waals surface area contributed by atoms with Gasteiger partial charge in [0.05, 0.1) is 17.6 Å². The summed E-state index contributed by atoms with van der Waals surface area (Å²) in [5.74, 6) is 0.279. The predicted molar refractivity (Wildman–Crippen MR) is 72.2 cm³/mol. The Bertz CT molecular complexity index is 493. The van der Waals surface area contributed by atoms with Gasteiger partial charge < -0.3 is 10.5 Å². The van der Waals surface area contributed by atoms with Gasteiger partial charge in [-0.15, -0.1) is 0 Å². The minimum atomic E-state index is -3.06. The highest BCUT2D eigenvalue weighted by atomic mass is 32.2. The van der Waals surface area contributed by atoms with Crippen LogP contribution in [0.25, 0.3) is 0 Å². The summed E-state index contributed by atoms with van der Waals surface area (Å²) in [6, 6.07) is 7.39. The molecule has 1 aliphatic heterocycles. The molecule has 1 aliphatic rings. The first kappa shape index (κ1) is 13.4. The molecule has 2 rings (SSSR count). The molecule has 100 valence electrons. The Kier molecular flexibility index (Phi) is 4.24. The molecule has 0 saturated carbocycles. The number of hydrogen-bond donors (Lipinski definition) is 1. The summed E-state index contributed by atoms with van der Waals surface area (Å²) in [5.41, 5.74) is 7.35. The summed E-state index contributed by atoms with van der Waals surface area (Å²) in [5, 5.41) is 0. The van der Waals surface area contributed by atoms with Crippen molar-refractivity contribution >= 4 is 15.5 Å². The fourth-order valence-corrected chi connectivity index (χ4v) is 3.70. The number of rotatable bonds is 5. The molecule has 1 aromatic rings. The molecule has 1 heterocycles. The Morgan fingerprint density at radius 3 is 2.78 bits per heavy atom. The van der Waals surface area contributed by atoms with Crippen molar-refractivity contribution < 1.29 is 13.2 Å². The highest BCUT2D eigenvalue weighted by Crippen LogP contribution is 2.16. The van der Waals surface area contributed by atoms with E-state index in [0.29, 0.717) is 18.7 Å². The molecule has 0 bridgehead atoms. The van der Waals surface area contributed by atoms with Crippen LogP contribution in [0, 0.1) is 0 Å². The molecular weight excluding hydrogens is 250 g/mol. The van der Waals surface area contributed by atoms with Crippen LogP contribution in [0.2, 0.25) is 0 Å². The van der Waals surface area contributed by atoms with Gasteiger partial charge in [0.25, 0.3) is 0 Å². The fraction of sp³-hybridized carbons (Fsp3) is 0.538. The first-order valence-electron chi connectivity index (χ1n) is 6.22. The summed E-state index contributed by atoms with van der Waals surface area (Å²) in [6.45, 7) is 0.686. The number of hydrogen-bond acceptors (Lipinski definition) is 4. The van der Waals surface area contributed by atoms with Crippen LogP contribution in [0.3, 0.4) is 0 Å². The molecule has 2 N–H and O–H groups in total. The summed E-state index contributed by atoms with van der Waals surface area (Å²) in [7, 11) is -3.06. The molecular formula is C13H19NO3S. The third kappa shape index (κ3) is 3.71. The van der Waals surface area contributed by atoms with E-state index in [1.165, 1.54) is 0 Å². The van der Waals surface area contributed by atoms with Gasteiger partial charge in [0.2, 0.25) is 0 Å². The lowest BCUT2D eigenvalue weighted by atomic mass is 10.1. The van der Waals surface area contributed by atoms with Gasteiger partial charge in [0.15, 0.2) is 9.84 Å². The van der Waals surface area contributed by atoms with Gasteiger partial charge in [-0.2, -0.15) is 0 Å². The third-order valence-corrected chi connectivity index (χ3v) is 4.91. The molecule has 1 saturated heterocycles. The zero-order valence-electron chi connectivity index (χ0n) is 10.3. The van der Waals surface area contributed by atoms with Crippen molar-refractivity contribution in [3.63, 3.8) is 0 Å². The van der Waals surface area contributed by atoms with Gasteiger partial charge in [-0.3, -0.25) is 0 Å². The van der Waals surface area contributed by atoms with E-state index in [-0.39, 0.29) is 17.6 Å². The van der Waals surface area contributed by atoms with Gasteiger partial charge in [-0.25, -0.2) is 8.42 Å². The van der Waals surface area contributed by atoms with Crippen molar-refractivity contribution in [2.75, 3.05) is 23.8 Å². The molecule has 18 heavy (non-hydrogen) atoms. The predicted octanol–water partition coefficient (Wildman–Crippen LogP) is 1.41. The van der Waals surface area contributed by atoms with Crippen LogP contribution in [-0.4, -0.2) is 32.6 Å². The normalized spacial score (nSPS) is 20.1. The Balaban J connectivity index is 1.90. The summed E-state index contributed by atoms with van der Waals surface area (Å²) < 4.78 is 29.3. The Morgan fingerprint density at radius 1 is 1.33 bits per heavy atom. The van der Waals surface area contributed by atoms with E-state index in [1.54, 1.807) is 6.07 Å². The standard InChI is InChI=1S/C13H19NO3S/c14-13-6-2-1-4-11(13)7-9-18(15,16)10-12-5-3-8-17-12/h1-2,4,6,12H,3,5,7-10,14H2. The molecule has 0 aromatic heterocycles. The zero-order chi connectivity index (χ0) is 13.0. The molecule has 1 atom stereocenters. The first-order chi connectivity index (χ1) is 8.57. The van der Waals surface area contributed by atoms with E-state index in [9.17, 15) is 8.42 Å². The van der Waals surface area contributed by atoms with Crippen LogP contribution in [0.15, 0.2) is 24.3 Å². The average molecular weight is 269 g/mol. The van der Waals surface area contributed by atoms with Crippen molar-refractivity contribution in [2.24, 2.45) is 0 Å². The number of ether oxygens (including phenoxy) is 1. The molecule has 1 aromatic carbocycles. The second-order valence-electron chi connectivity index (χ2n) is 4.70. The second-order valence-corrected chi connectivity index (χ2v) is 6.93. The number of nitrogen functional groups attached to an aromatic ring is 1. The lowest BCUT2D eigenvalue weighted by Crippen LogP contribution is -2.23. The van der Waals surface area contributed by atoms with Gasteiger partial charge in [0.1, 0.15) is 0 Å². The first-order valence-corrected chi connectivity index (χ1v) is 8.04. The molecule has 4 nitrogen and oxygen atoms in total. The van der Waals surface area contributed by atoms with Gasteiger partial charge >= 0.3 is 0 Å². The van der Waals surface area contributed by atoms with E-state index < -0.39 is 9.84 Å². The summed E-state index contributed by atoms with van der Waals surface area (Å²) in [4.78, 5) is 0. The molecule has 5 heteroatoms. The maximum Gasteiger partial charge on any atom is 0.153 e. The number of sulfone groups is 1. The number of nitrogens with two attached hydrogens (primary N) is 1. The molecule has 0 aliphatic carbocycles. The minimum absolute atomic E-state index is 0.108. The Hall–Kier alpha value is -1.07. The van der Waals surface area contributed by atoms with Crippen LogP contribution in [0.4, 0.5) is 5.69 Å². The monoisotopic (exact) mass is 269 g/mol. The van der Waals surface area contributed by atoms with Crippen molar-refractivity contribution in [2.45, 2.75) is 25.4 Å². The lowest BCUT2D eigenvalue weighted by molar-refractivity contribution is 0.127.